The molecule has 6 nitrogen and oxygen atoms in total. The summed E-state index contributed by atoms with van der Waals surface area (Å²) in [4.78, 5) is 12.9. The van der Waals surface area contributed by atoms with E-state index in [1.54, 1.807) is 12.1 Å². The van der Waals surface area contributed by atoms with Crippen LogP contribution < -0.4 is 11.3 Å². The smallest absolute Gasteiger partial charge is 0.293 e. The molecule has 0 saturated carbocycles. The number of anilines is 1. The highest BCUT2D eigenvalue weighted by Crippen LogP contribution is 2.26. The van der Waals surface area contributed by atoms with E-state index in [2.05, 4.69) is 17.2 Å². The van der Waals surface area contributed by atoms with E-state index in [9.17, 15) is 10.1 Å². The van der Waals surface area contributed by atoms with Crippen molar-refractivity contribution in [2.24, 2.45) is 11.8 Å². The molecule has 0 amide bonds. The van der Waals surface area contributed by atoms with Crippen molar-refractivity contribution < 1.29 is 4.92 Å². The molecule has 1 aromatic rings. The highest BCUT2D eigenvalue weighted by molar-refractivity contribution is 5.61. The Labute approximate surface area is 112 Å². The molecule has 0 atom stereocenters. The van der Waals surface area contributed by atoms with Crippen molar-refractivity contribution in [2.75, 3.05) is 18.5 Å². The Morgan fingerprint density at radius 2 is 2.16 bits per heavy atom. The molecule has 1 aliphatic heterocycles. The number of hydrogen-bond acceptors (Lipinski definition) is 5. The van der Waals surface area contributed by atoms with Crippen LogP contribution in [0.2, 0.25) is 0 Å². The Bertz CT molecular complexity index is 456. The van der Waals surface area contributed by atoms with Crippen molar-refractivity contribution in [3.63, 3.8) is 0 Å². The molecule has 0 spiro atoms. The van der Waals surface area contributed by atoms with Crippen molar-refractivity contribution >= 4 is 11.4 Å². The van der Waals surface area contributed by atoms with Crippen LogP contribution in [0.5, 0.6) is 0 Å². The fourth-order valence-corrected chi connectivity index (χ4v) is 2.43. The summed E-state index contributed by atoms with van der Waals surface area (Å²) >= 11 is 0. The van der Waals surface area contributed by atoms with Gasteiger partial charge in [0, 0.05) is 12.6 Å². The summed E-state index contributed by atoms with van der Waals surface area (Å²) in [5.74, 6) is 6.06. The number of nitrogens with two attached hydrogens (primary N) is 1. The second-order valence-electron chi connectivity index (χ2n) is 5.21. The first-order valence-corrected chi connectivity index (χ1v) is 6.56. The lowest BCUT2D eigenvalue weighted by molar-refractivity contribution is -0.384. The van der Waals surface area contributed by atoms with Gasteiger partial charge in [0.2, 0.25) is 0 Å². The number of likely N-dealkylation sites (tertiary alicyclic amines) is 1. The number of nitrogens with zero attached hydrogens (tertiary/aromatic N) is 2. The molecule has 0 bridgehead atoms. The lowest BCUT2D eigenvalue weighted by Crippen LogP contribution is -2.32. The Morgan fingerprint density at radius 3 is 2.74 bits per heavy atom. The zero-order valence-electron chi connectivity index (χ0n) is 11.1. The number of nitro groups is 1. The zero-order valence-corrected chi connectivity index (χ0v) is 11.1. The quantitative estimate of drug-likeness (QED) is 0.494. The molecule has 1 aliphatic rings. The minimum absolute atomic E-state index is 0.0328. The third-order valence-electron chi connectivity index (χ3n) is 3.70. The Hall–Kier alpha value is -1.66. The van der Waals surface area contributed by atoms with E-state index in [0.29, 0.717) is 5.69 Å². The summed E-state index contributed by atoms with van der Waals surface area (Å²) in [6.07, 6.45) is 2.40. The van der Waals surface area contributed by atoms with Crippen LogP contribution in [0.15, 0.2) is 18.2 Å². The predicted molar refractivity (Wildman–Crippen MR) is 74.6 cm³/mol. The SMILES string of the molecule is CC1CCN(Cc2ccc(NN)c([N+](=O)[O-])c2)CC1. The van der Waals surface area contributed by atoms with Crippen LogP contribution in [-0.2, 0) is 6.54 Å². The fourth-order valence-electron chi connectivity index (χ4n) is 2.43. The van der Waals surface area contributed by atoms with E-state index in [4.69, 9.17) is 5.84 Å². The molecule has 19 heavy (non-hydrogen) atoms. The van der Waals surface area contributed by atoms with Gasteiger partial charge >= 0.3 is 0 Å². The van der Waals surface area contributed by atoms with Gasteiger partial charge in [-0.2, -0.15) is 0 Å². The van der Waals surface area contributed by atoms with Crippen LogP contribution in [0.4, 0.5) is 11.4 Å². The summed E-state index contributed by atoms with van der Waals surface area (Å²) in [6.45, 7) is 5.15. The number of nitro benzene ring substituents is 1. The van der Waals surface area contributed by atoms with E-state index in [1.165, 1.54) is 12.8 Å². The van der Waals surface area contributed by atoms with E-state index < -0.39 is 4.92 Å². The first-order valence-electron chi connectivity index (χ1n) is 6.56. The Morgan fingerprint density at radius 1 is 1.47 bits per heavy atom. The molecule has 0 radical (unpaired) electrons. The van der Waals surface area contributed by atoms with Crippen LogP contribution in [-0.4, -0.2) is 22.9 Å². The largest absolute Gasteiger partial charge is 0.318 e. The van der Waals surface area contributed by atoms with Gasteiger partial charge in [0.05, 0.1) is 4.92 Å². The second-order valence-corrected chi connectivity index (χ2v) is 5.21. The summed E-state index contributed by atoms with van der Waals surface area (Å²) in [5.41, 5.74) is 3.70. The Balaban J connectivity index is 2.08. The van der Waals surface area contributed by atoms with Crippen LogP contribution in [0.25, 0.3) is 0 Å². The molecule has 6 heteroatoms. The van der Waals surface area contributed by atoms with Gasteiger partial charge in [-0.05, 0) is 43.5 Å². The van der Waals surface area contributed by atoms with Gasteiger partial charge in [0.1, 0.15) is 5.69 Å². The van der Waals surface area contributed by atoms with Crippen LogP contribution >= 0.6 is 0 Å². The fraction of sp³-hybridized carbons (Fsp3) is 0.538. The van der Waals surface area contributed by atoms with Crippen LogP contribution in [0.3, 0.4) is 0 Å². The van der Waals surface area contributed by atoms with Gasteiger partial charge in [-0.25, -0.2) is 0 Å². The zero-order chi connectivity index (χ0) is 13.8. The first kappa shape index (κ1) is 13.8. The number of benzene rings is 1. The van der Waals surface area contributed by atoms with E-state index >= 15 is 0 Å². The lowest BCUT2D eigenvalue weighted by atomic mass is 9.99. The van der Waals surface area contributed by atoms with Crippen molar-refractivity contribution in [1.82, 2.24) is 4.90 Å². The van der Waals surface area contributed by atoms with Gasteiger partial charge in [-0.3, -0.25) is 20.9 Å². The summed E-state index contributed by atoms with van der Waals surface area (Å²) in [6, 6.07) is 5.16. The van der Waals surface area contributed by atoms with Crippen molar-refractivity contribution in [3.05, 3.63) is 33.9 Å². The number of piperidine rings is 1. The van der Waals surface area contributed by atoms with Gasteiger partial charge < -0.3 is 5.43 Å². The minimum atomic E-state index is -0.406. The number of rotatable bonds is 4. The van der Waals surface area contributed by atoms with Gasteiger partial charge in [-0.1, -0.05) is 13.0 Å². The van der Waals surface area contributed by atoms with Crippen LogP contribution in [0.1, 0.15) is 25.3 Å². The summed E-state index contributed by atoms with van der Waals surface area (Å²) in [7, 11) is 0. The summed E-state index contributed by atoms with van der Waals surface area (Å²) < 4.78 is 0. The molecule has 1 fully saturated rings. The van der Waals surface area contributed by atoms with Crippen molar-refractivity contribution in [1.29, 1.82) is 0 Å². The molecule has 1 heterocycles. The number of nitrogens with one attached hydrogen (secondary N) is 1. The Kier molecular flexibility index (Phi) is 4.34. The third kappa shape index (κ3) is 3.42. The monoisotopic (exact) mass is 264 g/mol. The molecular formula is C13H20N4O2. The van der Waals surface area contributed by atoms with Crippen LogP contribution in [0, 0.1) is 16.0 Å². The first-order chi connectivity index (χ1) is 9.10. The number of nitrogen functional groups attached to an aromatic ring is 1. The van der Waals surface area contributed by atoms with E-state index in [0.717, 1.165) is 31.1 Å². The molecule has 0 aliphatic carbocycles. The third-order valence-corrected chi connectivity index (χ3v) is 3.70. The average Bonchev–Trinajstić information content (AvgIpc) is 2.41. The standard InChI is InChI=1S/C13H20N4O2/c1-10-4-6-16(7-5-10)9-11-2-3-12(15-14)13(8-11)17(18)19/h2-3,8,10,15H,4-7,9,14H2,1H3. The maximum atomic E-state index is 11.0. The van der Waals surface area contributed by atoms with Gasteiger partial charge in [0.25, 0.3) is 5.69 Å². The maximum Gasteiger partial charge on any atom is 0.293 e. The average molecular weight is 264 g/mol. The molecule has 3 N–H and O–H groups in total. The van der Waals surface area contributed by atoms with Crippen molar-refractivity contribution in [3.8, 4) is 0 Å². The van der Waals surface area contributed by atoms with Gasteiger partial charge in [-0.15, -0.1) is 0 Å². The van der Waals surface area contributed by atoms with Crippen molar-refractivity contribution in [2.45, 2.75) is 26.3 Å². The minimum Gasteiger partial charge on any atom is -0.318 e. The molecular weight excluding hydrogens is 244 g/mol. The lowest BCUT2D eigenvalue weighted by Gasteiger charge is -2.30. The highest BCUT2D eigenvalue weighted by atomic mass is 16.6. The highest BCUT2D eigenvalue weighted by Gasteiger charge is 2.18. The molecule has 1 saturated heterocycles. The van der Waals surface area contributed by atoms with E-state index in [1.807, 2.05) is 6.07 Å². The maximum absolute atomic E-state index is 11.0. The second kappa shape index (κ2) is 5.99. The van der Waals surface area contributed by atoms with E-state index in [-0.39, 0.29) is 5.69 Å². The molecule has 2 rings (SSSR count). The normalized spacial score (nSPS) is 17.4. The topological polar surface area (TPSA) is 84.4 Å². The number of hydrazine groups is 1. The summed E-state index contributed by atoms with van der Waals surface area (Å²) in [5, 5.41) is 11.0. The molecule has 1 aromatic carbocycles. The molecule has 0 aromatic heterocycles. The van der Waals surface area contributed by atoms with Gasteiger partial charge in [0.15, 0.2) is 0 Å². The molecule has 0 unspecified atom stereocenters. The predicted octanol–water partition coefficient (Wildman–Crippen LogP) is 2.11. The number of hydrogen-bond donors (Lipinski definition) is 2. The molecule has 104 valence electrons.